The van der Waals surface area contributed by atoms with E-state index in [-0.39, 0.29) is 5.56 Å². The minimum Gasteiger partial charge on any atom is -0.284 e. The van der Waals surface area contributed by atoms with Crippen LogP contribution in [0, 0.1) is 13.8 Å². The Balaban J connectivity index is 2.28. The average molecular weight is 292 g/mol. The van der Waals surface area contributed by atoms with Gasteiger partial charge >= 0.3 is 0 Å². The molecule has 22 heavy (non-hydrogen) atoms. The molecular weight excluding hydrogens is 272 g/mol. The van der Waals surface area contributed by atoms with Crippen LogP contribution in [0.15, 0.2) is 53.3 Å². The lowest BCUT2D eigenvalue weighted by atomic mass is 9.99. The van der Waals surface area contributed by atoms with Gasteiger partial charge in [0, 0.05) is 12.1 Å². The fraction of sp³-hybridized carbons (Fsp3) is 0.211. The second-order valence-corrected chi connectivity index (χ2v) is 5.64. The molecule has 0 unspecified atom stereocenters. The van der Waals surface area contributed by atoms with E-state index in [1.54, 1.807) is 0 Å². The van der Waals surface area contributed by atoms with Crippen LogP contribution >= 0.6 is 0 Å². The number of nitrogens with zero attached hydrogens (tertiary/aromatic N) is 1. The Morgan fingerprint density at radius 2 is 1.68 bits per heavy atom. The number of nitrogens with one attached hydrogen (secondary N) is 1. The summed E-state index contributed by atoms with van der Waals surface area (Å²) in [7, 11) is 0. The molecule has 3 heteroatoms. The van der Waals surface area contributed by atoms with Gasteiger partial charge in [-0.2, -0.15) is 0 Å². The maximum absolute atomic E-state index is 12.5. The summed E-state index contributed by atoms with van der Waals surface area (Å²) in [6.07, 6.45) is 0. The fourth-order valence-corrected chi connectivity index (χ4v) is 2.79. The first-order valence-electron chi connectivity index (χ1n) is 7.57. The maximum Gasteiger partial charge on any atom is 0.272 e. The fourth-order valence-electron chi connectivity index (χ4n) is 2.79. The van der Waals surface area contributed by atoms with Gasteiger partial charge in [0.15, 0.2) is 0 Å². The summed E-state index contributed by atoms with van der Waals surface area (Å²) >= 11 is 0. The monoisotopic (exact) mass is 292 g/mol. The van der Waals surface area contributed by atoms with Gasteiger partial charge in [0.05, 0.1) is 11.3 Å². The van der Waals surface area contributed by atoms with Gasteiger partial charge in [0.1, 0.15) is 0 Å². The van der Waals surface area contributed by atoms with Gasteiger partial charge in [-0.1, -0.05) is 53.6 Å². The van der Waals surface area contributed by atoms with Crippen molar-refractivity contribution in [2.24, 2.45) is 0 Å². The Morgan fingerprint density at radius 3 is 2.32 bits per heavy atom. The van der Waals surface area contributed by atoms with Gasteiger partial charge < -0.3 is 0 Å². The summed E-state index contributed by atoms with van der Waals surface area (Å²) in [5.74, 6) is 0. The third-order valence-corrected chi connectivity index (χ3v) is 3.92. The number of aryl methyl sites for hydroxylation is 3. The Kier molecular flexibility index (Phi) is 3.72. The summed E-state index contributed by atoms with van der Waals surface area (Å²) in [5.41, 5.74) is 6.05. The molecule has 3 aromatic rings. The molecule has 3 rings (SSSR count). The van der Waals surface area contributed by atoms with Crippen LogP contribution in [-0.4, -0.2) is 9.78 Å². The first-order valence-corrected chi connectivity index (χ1v) is 7.57. The van der Waals surface area contributed by atoms with E-state index in [0.29, 0.717) is 0 Å². The molecule has 0 aliphatic carbocycles. The molecule has 0 aliphatic rings. The Bertz CT molecular complexity index is 854. The number of hydrogen-bond donors (Lipinski definition) is 1. The molecule has 0 spiro atoms. The highest BCUT2D eigenvalue weighted by Crippen LogP contribution is 2.30. The molecule has 0 radical (unpaired) electrons. The molecule has 0 saturated heterocycles. The van der Waals surface area contributed by atoms with Gasteiger partial charge in [-0.25, -0.2) is 0 Å². The zero-order valence-corrected chi connectivity index (χ0v) is 13.2. The second-order valence-electron chi connectivity index (χ2n) is 5.64. The highest BCUT2D eigenvalue weighted by atomic mass is 16.1. The Hall–Kier alpha value is -2.55. The minimum absolute atomic E-state index is 0.0396. The molecule has 0 atom stereocenters. The van der Waals surface area contributed by atoms with E-state index in [9.17, 15) is 4.79 Å². The summed E-state index contributed by atoms with van der Waals surface area (Å²) in [5, 5.41) is 2.96. The van der Waals surface area contributed by atoms with Crippen LogP contribution < -0.4 is 5.56 Å². The highest BCUT2D eigenvalue weighted by Gasteiger charge is 2.17. The van der Waals surface area contributed by atoms with Gasteiger partial charge in [-0.3, -0.25) is 14.6 Å². The standard InChI is InChI=1S/C19H20N2O/c1-4-21-18(16-7-5-6-14(3)12-16)17(19(22)20-21)15-10-8-13(2)9-11-15/h5-12H,4H2,1-3H3,(H,20,22). The van der Waals surface area contributed by atoms with Crippen molar-refractivity contribution >= 4 is 0 Å². The molecule has 3 nitrogen and oxygen atoms in total. The van der Waals surface area contributed by atoms with Crippen LogP contribution in [-0.2, 0) is 6.54 Å². The van der Waals surface area contributed by atoms with Crippen LogP contribution in [0.3, 0.4) is 0 Å². The van der Waals surface area contributed by atoms with E-state index in [2.05, 4.69) is 30.2 Å². The van der Waals surface area contributed by atoms with Gasteiger partial charge in [0.2, 0.25) is 0 Å². The number of benzene rings is 2. The molecule has 0 saturated carbocycles. The smallest absolute Gasteiger partial charge is 0.272 e. The van der Waals surface area contributed by atoms with Crippen LogP contribution in [0.1, 0.15) is 18.1 Å². The molecule has 0 aliphatic heterocycles. The third kappa shape index (κ3) is 2.50. The number of H-pyrrole nitrogens is 1. The van der Waals surface area contributed by atoms with E-state index in [0.717, 1.165) is 28.9 Å². The average Bonchev–Trinajstić information content (AvgIpc) is 2.85. The van der Waals surface area contributed by atoms with Gasteiger partial charge in [0.25, 0.3) is 5.56 Å². The van der Waals surface area contributed by atoms with E-state index in [4.69, 9.17) is 0 Å². The lowest BCUT2D eigenvalue weighted by Crippen LogP contribution is -2.05. The molecule has 1 aromatic heterocycles. The van der Waals surface area contributed by atoms with Crippen molar-refractivity contribution in [2.45, 2.75) is 27.3 Å². The van der Waals surface area contributed by atoms with Crippen LogP contribution in [0.4, 0.5) is 0 Å². The molecule has 0 fully saturated rings. The number of rotatable bonds is 3. The second kappa shape index (κ2) is 5.68. The first kappa shape index (κ1) is 14.4. The zero-order valence-electron chi connectivity index (χ0n) is 13.2. The molecule has 1 N–H and O–H groups in total. The van der Waals surface area contributed by atoms with Crippen molar-refractivity contribution in [3.63, 3.8) is 0 Å². The molecular formula is C19H20N2O. The predicted octanol–water partition coefficient (Wildman–Crippen LogP) is 4.15. The largest absolute Gasteiger partial charge is 0.284 e. The van der Waals surface area contributed by atoms with Crippen molar-refractivity contribution < 1.29 is 0 Å². The first-order chi connectivity index (χ1) is 10.6. The van der Waals surface area contributed by atoms with Gasteiger partial charge in [-0.15, -0.1) is 0 Å². The van der Waals surface area contributed by atoms with Crippen molar-refractivity contribution in [1.82, 2.24) is 9.78 Å². The molecule has 2 aromatic carbocycles. The van der Waals surface area contributed by atoms with Crippen molar-refractivity contribution in [1.29, 1.82) is 0 Å². The third-order valence-electron chi connectivity index (χ3n) is 3.92. The lowest BCUT2D eigenvalue weighted by molar-refractivity contribution is 0.660. The summed E-state index contributed by atoms with van der Waals surface area (Å²) < 4.78 is 1.92. The topological polar surface area (TPSA) is 37.8 Å². The zero-order chi connectivity index (χ0) is 15.7. The Morgan fingerprint density at radius 1 is 0.955 bits per heavy atom. The van der Waals surface area contributed by atoms with Crippen LogP contribution in [0.5, 0.6) is 0 Å². The van der Waals surface area contributed by atoms with Crippen molar-refractivity contribution in [2.75, 3.05) is 0 Å². The summed E-state index contributed by atoms with van der Waals surface area (Å²) in [6, 6.07) is 16.4. The van der Waals surface area contributed by atoms with Crippen molar-refractivity contribution in [3.05, 3.63) is 70.0 Å². The quantitative estimate of drug-likeness (QED) is 0.773. The molecule has 1 heterocycles. The molecule has 0 bridgehead atoms. The normalized spacial score (nSPS) is 10.9. The summed E-state index contributed by atoms with van der Waals surface area (Å²) in [4.78, 5) is 12.5. The molecule has 112 valence electrons. The van der Waals surface area contributed by atoms with E-state index < -0.39 is 0 Å². The number of aromatic nitrogens is 2. The van der Waals surface area contributed by atoms with E-state index in [1.807, 2.05) is 48.9 Å². The lowest BCUT2D eigenvalue weighted by Gasteiger charge is -2.09. The highest BCUT2D eigenvalue weighted by molar-refractivity contribution is 5.81. The van der Waals surface area contributed by atoms with Crippen LogP contribution in [0.25, 0.3) is 22.4 Å². The summed E-state index contributed by atoms with van der Waals surface area (Å²) in [6.45, 7) is 6.88. The number of aromatic amines is 1. The van der Waals surface area contributed by atoms with Gasteiger partial charge in [-0.05, 0) is 32.4 Å². The molecule has 0 amide bonds. The van der Waals surface area contributed by atoms with E-state index in [1.165, 1.54) is 11.1 Å². The Labute approximate surface area is 130 Å². The van der Waals surface area contributed by atoms with Crippen molar-refractivity contribution in [3.8, 4) is 22.4 Å². The maximum atomic E-state index is 12.5. The minimum atomic E-state index is -0.0396. The SMILES string of the molecule is CCn1[nH]c(=O)c(-c2ccc(C)cc2)c1-c1cccc(C)c1. The van der Waals surface area contributed by atoms with E-state index >= 15 is 0 Å². The predicted molar refractivity (Wildman–Crippen MR) is 91.1 cm³/mol. The van der Waals surface area contributed by atoms with Crippen LogP contribution in [0.2, 0.25) is 0 Å². The number of hydrogen-bond acceptors (Lipinski definition) is 1.